The summed E-state index contributed by atoms with van der Waals surface area (Å²) in [6.45, 7) is 1.88. The van der Waals surface area contributed by atoms with Gasteiger partial charge in [-0.1, -0.05) is 0 Å². The minimum absolute atomic E-state index is 0.0366. The van der Waals surface area contributed by atoms with Crippen LogP contribution in [0.5, 0.6) is 0 Å². The van der Waals surface area contributed by atoms with Crippen LogP contribution in [0.25, 0.3) is 0 Å². The quantitative estimate of drug-likeness (QED) is 0.678. The van der Waals surface area contributed by atoms with Crippen LogP contribution in [0.4, 0.5) is 0 Å². The second-order valence-corrected chi connectivity index (χ2v) is 4.71. The Kier molecular flexibility index (Phi) is 3.99. The highest BCUT2D eigenvalue weighted by molar-refractivity contribution is 5.86. The SMILES string of the molecule is COC(=O)C1CC(=O)N(CC2CCCCO2)C1. The third-order valence-electron chi connectivity index (χ3n) is 3.45. The van der Waals surface area contributed by atoms with Crippen LogP contribution >= 0.6 is 0 Å². The fourth-order valence-electron chi connectivity index (χ4n) is 2.47. The molecule has 0 spiro atoms. The summed E-state index contributed by atoms with van der Waals surface area (Å²) in [5.74, 6) is -0.545. The van der Waals surface area contributed by atoms with Gasteiger partial charge in [0, 0.05) is 26.1 Å². The molecule has 2 heterocycles. The van der Waals surface area contributed by atoms with Crippen molar-refractivity contribution in [3.05, 3.63) is 0 Å². The minimum atomic E-state index is -0.295. The first-order chi connectivity index (χ1) is 8.20. The fourth-order valence-corrected chi connectivity index (χ4v) is 2.47. The van der Waals surface area contributed by atoms with Crippen LogP contribution in [-0.4, -0.2) is 49.7 Å². The Hall–Kier alpha value is -1.10. The highest BCUT2D eigenvalue weighted by Gasteiger charge is 2.36. The van der Waals surface area contributed by atoms with Crippen LogP contribution in [0.3, 0.4) is 0 Å². The first-order valence-corrected chi connectivity index (χ1v) is 6.18. The molecule has 0 aromatic rings. The summed E-state index contributed by atoms with van der Waals surface area (Å²) in [6, 6.07) is 0. The molecule has 96 valence electrons. The summed E-state index contributed by atoms with van der Waals surface area (Å²) >= 11 is 0. The molecule has 2 saturated heterocycles. The number of ether oxygens (including phenoxy) is 2. The van der Waals surface area contributed by atoms with E-state index in [1.807, 2.05) is 0 Å². The molecule has 0 radical (unpaired) electrons. The molecule has 2 atom stereocenters. The normalized spacial score (nSPS) is 29.5. The molecule has 0 aliphatic carbocycles. The first kappa shape index (κ1) is 12.4. The summed E-state index contributed by atoms with van der Waals surface area (Å²) in [6.07, 6.45) is 3.69. The molecule has 0 aromatic carbocycles. The van der Waals surface area contributed by atoms with Crippen LogP contribution in [0, 0.1) is 5.92 Å². The first-order valence-electron chi connectivity index (χ1n) is 6.18. The Morgan fingerprint density at radius 2 is 2.35 bits per heavy atom. The number of methoxy groups -OCH3 is 1. The van der Waals surface area contributed by atoms with Gasteiger partial charge in [-0.25, -0.2) is 0 Å². The summed E-state index contributed by atoms with van der Waals surface area (Å²) in [5.41, 5.74) is 0. The molecule has 0 N–H and O–H groups in total. The Balaban J connectivity index is 1.85. The van der Waals surface area contributed by atoms with Crippen molar-refractivity contribution in [2.45, 2.75) is 31.8 Å². The lowest BCUT2D eigenvalue weighted by Crippen LogP contribution is -2.37. The Bertz CT molecular complexity index is 299. The number of esters is 1. The predicted octanol–water partition coefficient (Wildman–Crippen LogP) is 0.577. The van der Waals surface area contributed by atoms with Gasteiger partial charge in [-0.15, -0.1) is 0 Å². The molecule has 0 aromatic heterocycles. The second-order valence-electron chi connectivity index (χ2n) is 4.71. The highest BCUT2D eigenvalue weighted by Crippen LogP contribution is 2.21. The number of hydrogen-bond donors (Lipinski definition) is 0. The van der Waals surface area contributed by atoms with Gasteiger partial charge in [0.1, 0.15) is 0 Å². The molecule has 0 bridgehead atoms. The van der Waals surface area contributed by atoms with Crippen LogP contribution in [0.2, 0.25) is 0 Å². The summed E-state index contributed by atoms with van der Waals surface area (Å²) < 4.78 is 10.3. The predicted molar refractivity (Wildman–Crippen MR) is 60.3 cm³/mol. The topological polar surface area (TPSA) is 55.8 Å². The van der Waals surface area contributed by atoms with E-state index in [2.05, 4.69) is 4.74 Å². The third-order valence-corrected chi connectivity index (χ3v) is 3.45. The lowest BCUT2D eigenvalue weighted by atomic mass is 10.1. The standard InChI is InChI=1S/C12H19NO4/c1-16-12(15)9-6-11(14)13(7-9)8-10-4-2-3-5-17-10/h9-10H,2-8H2,1H3. The molecule has 2 unspecified atom stereocenters. The van der Waals surface area contributed by atoms with Gasteiger partial charge in [-0.05, 0) is 19.3 Å². The molecule has 17 heavy (non-hydrogen) atoms. The van der Waals surface area contributed by atoms with Gasteiger partial charge >= 0.3 is 5.97 Å². The van der Waals surface area contributed by atoms with Gasteiger partial charge < -0.3 is 14.4 Å². The van der Waals surface area contributed by atoms with E-state index in [-0.39, 0.29) is 30.3 Å². The monoisotopic (exact) mass is 241 g/mol. The van der Waals surface area contributed by atoms with E-state index in [0.29, 0.717) is 13.1 Å². The maximum absolute atomic E-state index is 11.7. The van der Waals surface area contributed by atoms with E-state index in [0.717, 1.165) is 25.9 Å². The number of carbonyl (C=O) groups is 2. The Labute approximate surface area is 101 Å². The lowest BCUT2D eigenvalue weighted by molar-refractivity contribution is -0.145. The maximum atomic E-state index is 11.7. The van der Waals surface area contributed by atoms with E-state index >= 15 is 0 Å². The average Bonchev–Trinajstić information content (AvgIpc) is 2.71. The number of hydrogen-bond acceptors (Lipinski definition) is 4. The van der Waals surface area contributed by atoms with E-state index in [4.69, 9.17) is 4.74 Å². The zero-order chi connectivity index (χ0) is 12.3. The van der Waals surface area contributed by atoms with Crippen molar-refractivity contribution in [2.24, 2.45) is 5.92 Å². The summed E-state index contributed by atoms with van der Waals surface area (Å²) in [4.78, 5) is 24.8. The van der Waals surface area contributed by atoms with Crippen molar-refractivity contribution in [1.29, 1.82) is 0 Å². The smallest absolute Gasteiger partial charge is 0.310 e. The number of rotatable bonds is 3. The maximum Gasteiger partial charge on any atom is 0.310 e. The van der Waals surface area contributed by atoms with Crippen molar-refractivity contribution >= 4 is 11.9 Å². The van der Waals surface area contributed by atoms with Crippen molar-refractivity contribution in [2.75, 3.05) is 26.8 Å². The second kappa shape index (κ2) is 5.49. The summed E-state index contributed by atoms with van der Waals surface area (Å²) in [5, 5.41) is 0. The summed E-state index contributed by atoms with van der Waals surface area (Å²) in [7, 11) is 1.36. The molecule has 5 heteroatoms. The lowest BCUT2D eigenvalue weighted by Gasteiger charge is -2.27. The van der Waals surface area contributed by atoms with Gasteiger partial charge in [0.2, 0.25) is 5.91 Å². The molecule has 2 fully saturated rings. The fraction of sp³-hybridized carbons (Fsp3) is 0.833. The molecule has 0 saturated carbocycles. The molecule has 2 aliphatic heterocycles. The van der Waals surface area contributed by atoms with Gasteiger partial charge in [0.15, 0.2) is 0 Å². The van der Waals surface area contributed by atoms with Crippen molar-refractivity contribution in [3.63, 3.8) is 0 Å². The largest absolute Gasteiger partial charge is 0.469 e. The van der Waals surface area contributed by atoms with Crippen LogP contribution in [0.1, 0.15) is 25.7 Å². The molecular weight excluding hydrogens is 222 g/mol. The van der Waals surface area contributed by atoms with E-state index in [1.165, 1.54) is 7.11 Å². The van der Waals surface area contributed by atoms with Crippen molar-refractivity contribution in [3.8, 4) is 0 Å². The number of amides is 1. The molecule has 2 aliphatic rings. The van der Waals surface area contributed by atoms with Crippen molar-refractivity contribution < 1.29 is 19.1 Å². The van der Waals surface area contributed by atoms with Crippen molar-refractivity contribution in [1.82, 2.24) is 4.90 Å². The third kappa shape index (κ3) is 2.97. The van der Waals surface area contributed by atoms with E-state index in [1.54, 1.807) is 4.90 Å². The van der Waals surface area contributed by atoms with Crippen LogP contribution in [-0.2, 0) is 19.1 Å². The van der Waals surface area contributed by atoms with Gasteiger partial charge in [-0.2, -0.15) is 0 Å². The number of likely N-dealkylation sites (tertiary alicyclic amines) is 1. The van der Waals surface area contributed by atoms with Crippen LogP contribution < -0.4 is 0 Å². The zero-order valence-corrected chi connectivity index (χ0v) is 10.2. The molecule has 5 nitrogen and oxygen atoms in total. The minimum Gasteiger partial charge on any atom is -0.469 e. The van der Waals surface area contributed by atoms with E-state index < -0.39 is 0 Å². The average molecular weight is 241 g/mol. The van der Waals surface area contributed by atoms with Crippen LogP contribution in [0.15, 0.2) is 0 Å². The zero-order valence-electron chi connectivity index (χ0n) is 10.2. The van der Waals surface area contributed by atoms with Gasteiger partial charge in [0.25, 0.3) is 0 Å². The van der Waals surface area contributed by atoms with Gasteiger partial charge in [0.05, 0.1) is 19.1 Å². The molecule has 2 rings (SSSR count). The highest BCUT2D eigenvalue weighted by atomic mass is 16.5. The van der Waals surface area contributed by atoms with E-state index in [9.17, 15) is 9.59 Å². The van der Waals surface area contributed by atoms with Gasteiger partial charge in [-0.3, -0.25) is 9.59 Å². The number of nitrogens with zero attached hydrogens (tertiary/aromatic N) is 1. The Morgan fingerprint density at radius 1 is 1.53 bits per heavy atom. The number of carbonyl (C=O) groups excluding carboxylic acids is 2. The molecular formula is C12H19NO4. The Morgan fingerprint density at radius 3 is 3.00 bits per heavy atom. The molecule has 1 amide bonds.